The fourth-order valence-electron chi connectivity index (χ4n) is 1.65. The number of nitrogens with zero attached hydrogens (tertiary/aromatic N) is 2. The maximum Gasteiger partial charge on any atom is 0.197 e. The van der Waals surface area contributed by atoms with E-state index in [9.17, 15) is 0 Å². The molecule has 2 rings (SSSR count). The Morgan fingerprint density at radius 1 is 1.35 bits per heavy atom. The molecule has 0 bridgehead atoms. The van der Waals surface area contributed by atoms with Crippen LogP contribution >= 0.6 is 38.8 Å². The van der Waals surface area contributed by atoms with Crippen LogP contribution < -0.4 is 4.90 Å². The summed E-state index contributed by atoms with van der Waals surface area (Å²) in [7, 11) is 4.08. The Balaban J connectivity index is 2.22. The quantitative estimate of drug-likeness (QED) is 0.732. The van der Waals surface area contributed by atoms with Crippen molar-refractivity contribution in [2.75, 3.05) is 38.3 Å². The molecule has 0 aromatic carbocycles. The van der Waals surface area contributed by atoms with Gasteiger partial charge < -0.3 is 13.7 Å². The summed E-state index contributed by atoms with van der Waals surface area (Å²) in [5.74, 6) is 4.76. The highest BCUT2D eigenvalue weighted by Crippen LogP contribution is 2.30. The smallest absolute Gasteiger partial charge is 0.197 e. The lowest BCUT2D eigenvalue weighted by atomic mass is 10.4. The lowest BCUT2D eigenvalue weighted by molar-refractivity contribution is 0.534. The van der Waals surface area contributed by atoms with Crippen LogP contribution in [0, 0.1) is 4.51 Å². The lowest BCUT2D eigenvalue weighted by Gasteiger charge is -2.22. The van der Waals surface area contributed by atoms with Crippen LogP contribution in [0.3, 0.4) is 0 Å². The molecule has 110 valence electrons. The summed E-state index contributed by atoms with van der Waals surface area (Å²) in [5.41, 5.74) is 1.26. The molecule has 0 saturated heterocycles. The van der Waals surface area contributed by atoms with E-state index < -0.39 is 0 Å². The van der Waals surface area contributed by atoms with E-state index in [4.69, 9.17) is 21.1 Å². The third-order valence-corrected chi connectivity index (χ3v) is 5.14. The Kier molecular flexibility index (Phi) is 5.06. The zero-order valence-electron chi connectivity index (χ0n) is 11.7. The monoisotopic (exact) mass is 376 g/mol. The number of anilines is 1. The molecule has 20 heavy (non-hydrogen) atoms. The van der Waals surface area contributed by atoms with Crippen molar-refractivity contribution >= 4 is 61.7 Å². The predicted molar refractivity (Wildman–Crippen MR) is 93.6 cm³/mol. The van der Waals surface area contributed by atoms with Crippen LogP contribution in [0.15, 0.2) is 25.6 Å². The van der Waals surface area contributed by atoms with Gasteiger partial charge >= 0.3 is 0 Å². The van der Waals surface area contributed by atoms with Gasteiger partial charge in [-0.25, -0.2) is 0 Å². The SMILES string of the molecule is C=S(C)N(C)CCN(C)c1cc(=S)c2occ(Br)c2o1. The van der Waals surface area contributed by atoms with E-state index in [1.807, 2.05) is 18.0 Å². The van der Waals surface area contributed by atoms with E-state index >= 15 is 0 Å². The number of hydrogen-bond donors (Lipinski definition) is 0. The van der Waals surface area contributed by atoms with Crippen molar-refractivity contribution in [1.29, 1.82) is 0 Å². The highest BCUT2D eigenvalue weighted by atomic mass is 79.9. The minimum Gasteiger partial charge on any atom is -0.458 e. The fourth-order valence-corrected chi connectivity index (χ4v) is 2.64. The number of hydrogen-bond acceptors (Lipinski definition) is 5. The van der Waals surface area contributed by atoms with Crippen molar-refractivity contribution in [3.05, 3.63) is 21.3 Å². The Morgan fingerprint density at radius 2 is 2.05 bits per heavy atom. The second-order valence-electron chi connectivity index (χ2n) is 4.56. The number of halogens is 1. The van der Waals surface area contributed by atoms with Gasteiger partial charge in [0.25, 0.3) is 0 Å². The average Bonchev–Trinajstić information content (AvgIpc) is 2.77. The summed E-state index contributed by atoms with van der Waals surface area (Å²) in [6, 6.07) is 1.82. The highest BCUT2D eigenvalue weighted by molar-refractivity contribution is 9.10. The molecular formula is C13H17BrN2O2S2. The Morgan fingerprint density at radius 3 is 2.70 bits per heavy atom. The molecular weight excluding hydrogens is 360 g/mol. The van der Waals surface area contributed by atoms with Crippen LogP contribution in [-0.4, -0.2) is 43.6 Å². The van der Waals surface area contributed by atoms with Crippen molar-refractivity contribution in [2.24, 2.45) is 0 Å². The van der Waals surface area contributed by atoms with Crippen LogP contribution in [0.5, 0.6) is 0 Å². The van der Waals surface area contributed by atoms with Crippen molar-refractivity contribution in [1.82, 2.24) is 4.31 Å². The Hall–Kier alpha value is -0.630. The number of likely N-dealkylation sites (N-methyl/N-ethyl adjacent to an activating group) is 2. The molecule has 2 aromatic rings. The predicted octanol–water partition coefficient (Wildman–Crippen LogP) is 4.13. The first-order chi connectivity index (χ1) is 9.40. The molecule has 0 aliphatic heterocycles. The zero-order valence-corrected chi connectivity index (χ0v) is 14.9. The zero-order chi connectivity index (χ0) is 14.9. The second-order valence-corrected chi connectivity index (χ2v) is 7.68. The molecule has 0 aliphatic rings. The average molecular weight is 377 g/mol. The molecule has 2 aromatic heterocycles. The third-order valence-electron chi connectivity index (χ3n) is 3.05. The fraction of sp³-hybridized carbons (Fsp3) is 0.385. The van der Waals surface area contributed by atoms with Gasteiger partial charge in [-0.3, -0.25) is 4.31 Å². The number of rotatable bonds is 5. The first kappa shape index (κ1) is 15.8. The van der Waals surface area contributed by atoms with Crippen molar-refractivity contribution in [2.45, 2.75) is 0 Å². The van der Waals surface area contributed by atoms with Gasteiger partial charge in [0.05, 0.1) is 8.98 Å². The second kappa shape index (κ2) is 6.43. The maximum atomic E-state index is 5.85. The Bertz CT molecular complexity index is 695. The van der Waals surface area contributed by atoms with Crippen molar-refractivity contribution < 1.29 is 8.83 Å². The number of fused-ring (bicyclic) bond motifs is 1. The van der Waals surface area contributed by atoms with Crippen LogP contribution in [0.25, 0.3) is 11.2 Å². The molecule has 1 unspecified atom stereocenters. The molecule has 1 atom stereocenters. The minimum atomic E-state index is 0.0259. The van der Waals surface area contributed by atoms with Gasteiger partial charge in [0.15, 0.2) is 17.1 Å². The van der Waals surface area contributed by atoms with Gasteiger partial charge in [0.2, 0.25) is 0 Å². The third kappa shape index (κ3) is 3.33. The lowest BCUT2D eigenvalue weighted by Crippen LogP contribution is -2.27. The summed E-state index contributed by atoms with van der Waals surface area (Å²) in [6.45, 7) is 1.75. The molecule has 0 aliphatic carbocycles. The molecule has 7 heteroatoms. The van der Waals surface area contributed by atoms with Gasteiger partial charge in [-0.05, 0) is 29.2 Å². The van der Waals surface area contributed by atoms with Crippen LogP contribution in [0.2, 0.25) is 0 Å². The molecule has 0 radical (unpaired) electrons. The first-order valence-electron chi connectivity index (χ1n) is 5.99. The maximum absolute atomic E-state index is 5.85. The van der Waals surface area contributed by atoms with E-state index in [1.165, 1.54) is 0 Å². The van der Waals surface area contributed by atoms with Gasteiger partial charge in [0.1, 0.15) is 6.26 Å². The van der Waals surface area contributed by atoms with Crippen molar-refractivity contribution in [3.63, 3.8) is 0 Å². The van der Waals surface area contributed by atoms with Gasteiger partial charge in [-0.15, -0.1) is 10.7 Å². The molecule has 0 fully saturated rings. The summed E-state index contributed by atoms with van der Waals surface area (Å²) in [6.07, 6.45) is 3.69. The van der Waals surface area contributed by atoms with Gasteiger partial charge in [-0.2, -0.15) is 0 Å². The topological polar surface area (TPSA) is 32.8 Å². The molecule has 0 saturated carbocycles. The summed E-state index contributed by atoms with van der Waals surface area (Å²) < 4.78 is 14.9. The minimum absolute atomic E-state index is 0.0259. The highest BCUT2D eigenvalue weighted by Gasteiger charge is 2.12. The molecule has 0 spiro atoms. The van der Waals surface area contributed by atoms with Gasteiger partial charge in [0, 0.05) is 26.2 Å². The molecule has 0 amide bonds. The van der Waals surface area contributed by atoms with E-state index in [2.05, 4.69) is 39.4 Å². The van der Waals surface area contributed by atoms with Crippen LogP contribution in [0.1, 0.15) is 0 Å². The summed E-state index contributed by atoms with van der Waals surface area (Å²) in [4.78, 5) is 2.04. The molecule has 0 N–H and O–H groups in total. The van der Waals surface area contributed by atoms with Crippen LogP contribution in [-0.2, 0) is 0 Å². The molecule has 4 nitrogen and oxygen atoms in total. The standard InChI is InChI=1S/C13H17BrN2O2S2/c1-15(5-6-16(2)20(3)4)11-7-10(19)13-12(18-11)9(14)8-17-13/h7-8H,3,5-6H2,1-2,4H3. The largest absolute Gasteiger partial charge is 0.458 e. The van der Waals surface area contributed by atoms with E-state index in [-0.39, 0.29) is 10.7 Å². The van der Waals surface area contributed by atoms with Crippen molar-refractivity contribution in [3.8, 4) is 0 Å². The van der Waals surface area contributed by atoms with Crippen LogP contribution in [0.4, 0.5) is 5.88 Å². The van der Waals surface area contributed by atoms with E-state index in [0.29, 0.717) is 15.7 Å². The Labute approximate surface area is 134 Å². The van der Waals surface area contributed by atoms with E-state index in [0.717, 1.165) is 23.4 Å². The summed E-state index contributed by atoms with van der Waals surface area (Å²) in [5, 5.41) is 0. The number of furan rings is 1. The van der Waals surface area contributed by atoms with Gasteiger partial charge in [-0.1, -0.05) is 18.1 Å². The first-order valence-corrected chi connectivity index (χ1v) is 8.95. The summed E-state index contributed by atoms with van der Waals surface area (Å²) >= 11 is 8.73. The van der Waals surface area contributed by atoms with E-state index in [1.54, 1.807) is 6.26 Å². The normalized spacial score (nSPS) is 13.1. The molecule has 2 heterocycles.